The Morgan fingerprint density at radius 3 is 2.70 bits per heavy atom. The van der Waals surface area contributed by atoms with Crippen molar-refractivity contribution in [2.45, 2.75) is 19.4 Å². The first-order chi connectivity index (χ1) is 9.69. The lowest BCUT2D eigenvalue weighted by molar-refractivity contribution is -0.385. The van der Waals surface area contributed by atoms with Gasteiger partial charge in [-0.15, -0.1) is 0 Å². The fraction of sp³-hybridized carbons (Fsp3) is 0.600. The lowest BCUT2D eigenvalue weighted by Gasteiger charge is -2.28. The van der Waals surface area contributed by atoms with E-state index in [1.165, 1.54) is 0 Å². The van der Waals surface area contributed by atoms with E-state index >= 15 is 0 Å². The van der Waals surface area contributed by atoms with Gasteiger partial charge in [-0.3, -0.25) is 15.0 Å². The minimum atomic E-state index is -0.307. The zero-order valence-electron chi connectivity index (χ0n) is 11.8. The van der Waals surface area contributed by atoms with Crippen LogP contribution in [0.2, 0.25) is 0 Å². The SMILES string of the molecule is CCC(c1cccc([N+](=O)[O-])c1)N1CC2CNCC2C1. The van der Waals surface area contributed by atoms with Gasteiger partial charge in [0.1, 0.15) is 0 Å². The summed E-state index contributed by atoms with van der Waals surface area (Å²) in [5.74, 6) is 1.51. The number of fused-ring (bicyclic) bond motifs is 1. The van der Waals surface area contributed by atoms with Crippen LogP contribution in [0.25, 0.3) is 0 Å². The fourth-order valence-corrected chi connectivity index (χ4v) is 3.70. The first-order valence-corrected chi connectivity index (χ1v) is 7.38. The largest absolute Gasteiger partial charge is 0.316 e. The monoisotopic (exact) mass is 275 g/mol. The number of rotatable bonds is 4. The third-order valence-electron chi connectivity index (χ3n) is 4.71. The average molecular weight is 275 g/mol. The standard InChI is InChI=1S/C15H21N3O2/c1-2-15(11-4-3-5-14(6-11)18(19)20)17-9-12-7-16-8-13(12)10-17/h3-6,12-13,15-16H,2,7-10H2,1H3. The predicted molar refractivity (Wildman–Crippen MR) is 77.6 cm³/mol. The number of hydrogen-bond donors (Lipinski definition) is 1. The normalized spacial score (nSPS) is 27.4. The summed E-state index contributed by atoms with van der Waals surface area (Å²) in [6, 6.07) is 7.43. The minimum Gasteiger partial charge on any atom is -0.316 e. The molecule has 0 bridgehead atoms. The van der Waals surface area contributed by atoms with Crippen LogP contribution >= 0.6 is 0 Å². The number of benzene rings is 1. The van der Waals surface area contributed by atoms with E-state index in [2.05, 4.69) is 17.1 Å². The molecule has 1 aromatic carbocycles. The predicted octanol–water partition coefficient (Wildman–Crippen LogP) is 2.20. The van der Waals surface area contributed by atoms with Crippen LogP contribution in [0.3, 0.4) is 0 Å². The second kappa shape index (κ2) is 5.50. The van der Waals surface area contributed by atoms with Gasteiger partial charge in [0.15, 0.2) is 0 Å². The van der Waals surface area contributed by atoms with Gasteiger partial charge in [0.25, 0.3) is 5.69 Å². The summed E-state index contributed by atoms with van der Waals surface area (Å²) < 4.78 is 0. The van der Waals surface area contributed by atoms with Crippen molar-refractivity contribution in [3.05, 3.63) is 39.9 Å². The summed E-state index contributed by atoms with van der Waals surface area (Å²) in [4.78, 5) is 13.1. The highest BCUT2D eigenvalue weighted by molar-refractivity contribution is 5.36. The number of non-ortho nitro benzene ring substituents is 1. The first kappa shape index (κ1) is 13.5. The molecule has 2 aliphatic rings. The van der Waals surface area contributed by atoms with Crippen molar-refractivity contribution >= 4 is 5.69 Å². The molecule has 20 heavy (non-hydrogen) atoms. The summed E-state index contributed by atoms with van der Waals surface area (Å²) in [7, 11) is 0. The van der Waals surface area contributed by atoms with Gasteiger partial charge in [0, 0.05) is 31.3 Å². The number of hydrogen-bond acceptors (Lipinski definition) is 4. The van der Waals surface area contributed by atoms with Crippen LogP contribution < -0.4 is 5.32 Å². The third kappa shape index (κ3) is 2.43. The molecule has 2 fully saturated rings. The summed E-state index contributed by atoms with van der Waals surface area (Å²) in [5.41, 5.74) is 1.27. The highest BCUT2D eigenvalue weighted by Crippen LogP contribution is 2.35. The van der Waals surface area contributed by atoms with Crippen LogP contribution in [-0.4, -0.2) is 36.0 Å². The molecule has 2 heterocycles. The van der Waals surface area contributed by atoms with E-state index in [-0.39, 0.29) is 10.6 Å². The molecular weight excluding hydrogens is 254 g/mol. The Morgan fingerprint density at radius 2 is 2.10 bits per heavy atom. The van der Waals surface area contributed by atoms with Crippen LogP contribution in [-0.2, 0) is 0 Å². The molecule has 1 N–H and O–H groups in total. The molecule has 1 aromatic rings. The number of nitrogens with zero attached hydrogens (tertiary/aromatic N) is 2. The maximum atomic E-state index is 10.9. The molecule has 5 nitrogen and oxygen atoms in total. The Morgan fingerprint density at radius 1 is 1.40 bits per heavy atom. The van der Waals surface area contributed by atoms with E-state index in [9.17, 15) is 10.1 Å². The molecule has 5 heteroatoms. The average Bonchev–Trinajstić information content (AvgIpc) is 3.01. The third-order valence-corrected chi connectivity index (χ3v) is 4.71. The van der Waals surface area contributed by atoms with Gasteiger partial charge in [-0.2, -0.15) is 0 Å². The molecule has 0 saturated carbocycles. The van der Waals surface area contributed by atoms with Gasteiger partial charge in [-0.25, -0.2) is 0 Å². The summed E-state index contributed by atoms with van der Waals surface area (Å²) in [6.07, 6.45) is 0.994. The molecule has 0 aromatic heterocycles. The van der Waals surface area contributed by atoms with E-state index < -0.39 is 0 Å². The lowest BCUT2D eigenvalue weighted by atomic mass is 10.0. The fourth-order valence-electron chi connectivity index (χ4n) is 3.70. The Balaban J connectivity index is 1.80. The van der Waals surface area contributed by atoms with Crippen LogP contribution in [0.15, 0.2) is 24.3 Å². The molecule has 3 unspecified atom stereocenters. The van der Waals surface area contributed by atoms with Crippen LogP contribution in [0.4, 0.5) is 5.69 Å². The highest BCUT2D eigenvalue weighted by Gasteiger charge is 2.38. The van der Waals surface area contributed by atoms with Gasteiger partial charge in [0.2, 0.25) is 0 Å². The van der Waals surface area contributed by atoms with E-state index in [4.69, 9.17) is 0 Å². The summed E-state index contributed by atoms with van der Waals surface area (Å²) >= 11 is 0. The Labute approximate surface area is 119 Å². The van der Waals surface area contributed by atoms with Gasteiger partial charge in [-0.1, -0.05) is 19.1 Å². The Hall–Kier alpha value is -1.46. The molecular formula is C15H21N3O2. The minimum absolute atomic E-state index is 0.196. The lowest BCUT2D eigenvalue weighted by Crippen LogP contribution is -2.29. The van der Waals surface area contributed by atoms with Crippen molar-refractivity contribution in [3.8, 4) is 0 Å². The highest BCUT2D eigenvalue weighted by atomic mass is 16.6. The molecule has 0 radical (unpaired) electrons. The number of nitro groups is 1. The van der Waals surface area contributed by atoms with E-state index in [0.29, 0.717) is 6.04 Å². The Bertz CT molecular complexity index is 494. The number of nitro benzene ring substituents is 1. The van der Waals surface area contributed by atoms with Gasteiger partial charge < -0.3 is 5.32 Å². The quantitative estimate of drug-likeness (QED) is 0.676. The summed E-state index contributed by atoms with van der Waals surface area (Å²) in [5, 5.41) is 14.4. The topological polar surface area (TPSA) is 58.4 Å². The van der Waals surface area contributed by atoms with Crippen molar-refractivity contribution < 1.29 is 4.92 Å². The molecule has 0 spiro atoms. The van der Waals surface area contributed by atoms with Crippen molar-refractivity contribution in [3.63, 3.8) is 0 Å². The van der Waals surface area contributed by atoms with Crippen molar-refractivity contribution in [2.24, 2.45) is 11.8 Å². The molecule has 108 valence electrons. The molecule has 2 saturated heterocycles. The van der Waals surface area contributed by atoms with E-state index in [1.807, 2.05) is 6.07 Å². The maximum absolute atomic E-state index is 10.9. The molecule has 0 aliphatic carbocycles. The van der Waals surface area contributed by atoms with E-state index in [1.54, 1.807) is 18.2 Å². The number of nitrogens with one attached hydrogen (secondary N) is 1. The first-order valence-electron chi connectivity index (χ1n) is 7.38. The van der Waals surface area contributed by atoms with Crippen LogP contribution in [0.1, 0.15) is 24.9 Å². The van der Waals surface area contributed by atoms with Gasteiger partial charge in [-0.05, 0) is 36.9 Å². The van der Waals surface area contributed by atoms with E-state index in [0.717, 1.165) is 50.0 Å². The second-order valence-corrected chi connectivity index (χ2v) is 5.91. The molecule has 0 amide bonds. The molecule has 3 rings (SSSR count). The maximum Gasteiger partial charge on any atom is 0.269 e. The van der Waals surface area contributed by atoms with Crippen molar-refractivity contribution in [2.75, 3.05) is 26.2 Å². The number of likely N-dealkylation sites (tertiary alicyclic amines) is 1. The zero-order chi connectivity index (χ0) is 14.1. The van der Waals surface area contributed by atoms with Crippen molar-refractivity contribution in [1.82, 2.24) is 10.2 Å². The van der Waals surface area contributed by atoms with Crippen molar-refractivity contribution in [1.29, 1.82) is 0 Å². The zero-order valence-corrected chi connectivity index (χ0v) is 11.8. The van der Waals surface area contributed by atoms with Gasteiger partial charge in [0.05, 0.1) is 4.92 Å². The molecule has 3 atom stereocenters. The molecule has 2 aliphatic heterocycles. The van der Waals surface area contributed by atoms with Crippen LogP contribution in [0, 0.1) is 22.0 Å². The van der Waals surface area contributed by atoms with Gasteiger partial charge >= 0.3 is 0 Å². The van der Waals surface area contributed by atoms with Crippen LogP contribution in [0.5, 0.6) is 0 Å². The smallest absolute Gasteiger partial charge is 0.269 e. The Kier molecular flexibility index (Phi) is 3.72. The summed E-state index contributed by atoms with van der Waals surface area (Å²) in [6.45, 7) is 6.62. The second-order valence-electron chi connectivity index (χ2n) is 5.91.